The van der Waals surface area contributed by atoms with Crippen molar-refractivity contribution in [3.05, 3.63) is 120 Å². The van der Waals surface area contributed by atoms with E-state index in [9.17, 15) is 31.9 Å². The standard InChI is InChI=1S/C32H27Cl2F4N5O3/c1-16-12-23-27(15-42(16)29(45)19-6-11-24(33)25(34)13-19)41-31(40-17(2)22-10-7-20(14-26(22)35)32(36,37)38)43(30(23)46)21-8-4-18(5-9-21)28(44)39-3/h4-11,13-14,16-17H,12,15H2,1-3H3,(H,39,44)(H,40,41)/t16-,17?/m1/s1. The molecule has 1 aliphatic rings. The number of fused-ring (bicyclic) bond motifs is 1. The third-order valence-corrected chi connectivity index (χ3v) is 8.54. The van der Waals surface area contributed by atoms with Crippen LogP contribution in [-0.2, 0) is 19.1 Å². The first-order valence-electron chi connectivity index (χ1n) is 14.1. The number of nitrogens with one attached hydrogen (secondary N) is 2. The summed E-state index contributed by atoms with van der Waals surface area (Å²) in [7, 11) is 1.48. The van der Waals surface area contributed by atoms with Gasteiger partial charge in [-0.15, -0.1) is 0 Å². The molecule has 2 heterocycles. The zero-order valence-corrected chi connectivity index (χ0v) is 26.2. The fourth-order valence-corrected chi connectivity index (χ4v) is 5.59. The van der Waals surface area contributed by atoms with E-state index in [1.165, 1.54) is 42.8 Å². The van der Waals surface area contributed by atoms with E-state index < -0.39 is 35.2 Å². The third kappa shape index (κ3) is 6.45. The smallest absolute Gasteiger partial charge is 0.355 e. The van der Waals surface area contributed by atoms with E-state index in [2.05, 4.69) is 10.6 Å². The van der Waals surface area contributed by atoms with Crippen molar-refractivity contribution in [2.45, 2.75) is 45.1 Å². The van der Waals surface area contributed by atoms with Crippen molar-refractivity contribution in [1.29, 1.82) is 0 Å². The van der Waals surface area contributed by atoms with Crippen molar-refractivity contribution >= 4 is 41.0 Å². The third-order valence-electron chi connectivity index (χ3n) is 7.80. The normalized spacial score (nSPS) is 15.2. The molecule has 4 aromatic rings. The van der Waals surface area contributed by atoms with E-state index >= 15 is 0 Å². The molecule has 46 heavy (non-hydrogen) atoms. The highest BCUT2D eigenvalue weighted by atomic mass is 35.5. The number of amides is 2. The maximum Gasteiger partial charge on any atom is 0.416 e. The van der Waals surface area contributed by atoms with Crippen LogP contribution in [0.15, 0.2) is 65.5 Å². The van der Waals surface area contributed by atoms with Crippen molar-refractivity contribution in [3.8, 4) is 5.69 Å². The number of benzene rings is 3. The number of alkyl halides is 3. The summed E-state index contributed by atoms with van der Waals surface area (Å²) in [5.74, 6) is -1.83. The molecule has 0 saturated carbocycles. The topological polar surface area (TPSA) is 96.3 Å². The zero-order chi connectivity index (χ0) is 33.5. The summed E-state index contributed by atoms with van der Waals surface area (Å²) < 4.78 is 55.7. The Morgan fingerprint density at radius 2 is 1.67 bits per heavy atom. The molecule has 5 rings (SSSR count). The molecule has 0 radical (unpaired) electrons. The van der Waals surface area contributed by atoms with E-state index in [1.54, 1.807) is 30.0 Å². The Labute approximate surface area is 271 Å². The van der Waals surface area contributed by atoms with Gasteiger partial charge in [0, 0.05) is 35.3 Å². The van der Waals surface area contributed by atoms with Gasteiger partial charge in [-0.3, -0.25) is 14.4 Å². The van der Waals surface area contributed by atoms with Crippen LogP contribution in [0.4, 0.5) is 23.5 Å². The molecule has 240 valence electrons. The average Bonchev–Trinajstić information content (AvgIpc) is 3.01. The van der Waals surface area contributed by atoms with E-state index in [1.807, 2.05) is 0 Å². The summed E-state index contributed by atoms with van der Waals surface area (Å²) in [6.45, 7) is 3.26. The number of carbonyl (C=O) groups is 2. The Morgan fingerprint density at radius 1 is 1.00 bits per heavy atom. The zero-order valence-electron chi connectivity index (χ0n) is 24.7. The minimum absolute atomic E-state index is 0.0419. The lowest BCUT2D eigenvalue weighted by atomic mass is 9.98. The van der Waals surface area contributed by atoms with Gasteiger partial charge in [-0.25, -0.2) is 13.9 Å². The van der Waals surface area contributed by atoms with E-state index in [-0.39, 0.29) is 52.0 Å². The van der Waals surface area contributed by atoms with Gasteiger partial charge in [-0.05, 0) is 74.9 Å². The number of rotatable bonds is 6. The van der Waals surface area contributed by atoms with Crippen molar-refractivity contribution < 1.29 is 27.2 Å². The van der Waals surface area contributed by atoms with Crippen LogP contribution in [0.3, 0.4) is 0 Å². The first kappa shape index (κ1) is 33.0. The van der Waals surface area contributed by atoms with Crippen LogP contribution in [0.2, 0.25) is 10.0 Å². The lowest BCUT2D eigenvalue weighted by Gasteiger charge is -2.35. The summed E-state index contributed by atoms with van der Waals surface area (Å²) in [5, 5.41) is 5.99. The number of nitrogens with zero attached hydrogens (tertiary/aromatic N) is 3. The SMILES string of the molecule is CNC(=O)c1ccc(-n2c(NC(C)c3ccc(C(F)(F)F)cc3F)nc3c(c2=O)C[C@@H](C)N(C(=O)c2ccc(Cl)c(Cl)c2)C3)cc1. The van der Waals surface area contributed by atoms with Crippen LogP contribution < -0.4 is 16.2 Å². The summed E-state index contributed by atoms with van der Waals surface area (Å²) in [5.41, 5.74) is -0.0963. The van der Waals surface area contributed by atoms with Crippen molar-refractivity contribution in [3.63, 3.8) is 0 Å². The van der Waals surface area contributed by atoms with Gasteiger partial charge in [-0.1, -0.05) is 29.3 Å². The van der Waals surface area contributed by atoms with Gasteiger partial charge >= 0.3 is 6.18 Å². The summed E-state index contributed by atoms with van der Waals surface area (Å²) >= 11 is 12.2. The van der Waals surface area contributed by atoms with Gasteiger partial charge in [0.15, 0.2) is 0 Å². The first-order valence-corrected chi connectivity index (χ1v) is 14.8. The van der Waals surface area contributed by atoms with Gasteiger partial charge < -0.3 is 15.5 Å². The van der Waals surface area contributed by atoms with Crippen LogP contribution >= 0.6 is 23.2 Å². The molecule has 14 heteroatoms. The molecule has 1 unspecified atom stereocenters. The van der Waals surface area contributed by atoms with Crippen LogP contribution in [0, 0.1) is 5.82 Å². The maximum atomic E-state index is 14.9. The molecule has 3 aromatic carbocycles. The lowest BCUT2D eigenvalue weighted by molar-refractivity contribution is -0.137. The molecule has 2 N–H and O–H groups in total. The van der Waals surface area contributed by atoms with Crippen LogP contribution in [-0.4, -0.2) is 39.4 Å². The predicted octanol–water partition coefficient (Wildman–Crippen LogP) is 6.82. The number of halogens is 6. The second-order valence-corrected chi connectivity index (χ2v) is 11.7. The summed E-state index contributed by atoms with van der Waals surface area (Å²) in [4.78, 5) is 45.9. The van der Waals surface area contributed by atoms with Crippen molar-refractivity contribution in [2.24, 2.45) is 0 Å². The van der Waals surface area contributed by atoms with Crippen molar-refractivity contribution in [1.82, 2.24) is 19.8 Å². The molecule has 2 atom stereocenters. The fraction of sp³-hybridized carbons (Fsp3) is 0.250. The van der Waals surface area contributed by atoms with E-state index in [0.29, 0.717) is 28.4 Å². The quantitative estimate of drug-likeness (QED) is 0.219. The van der Waals surface area contributed by atoms with Gasteiger partial charge in [-0.2, -0.15) is 13.2 Å². The molecule has 0 fully saturated rings. The molecule has 0 saturated heterocycles. The number of aromatic nitrogens is 2. The maximum absolute atomic E-state index is 14.9. The molecule has 0 aliphatic carbocycles. The summed E-state index contributed by atoms with van der Waals surface area (Å²) in [6.07, 6.45) is -4.57. The number of hydrogen-bond donors (Lipinski definition) is 2. The first-order chi connectivity index (χ1) is 21.7. The molecule has 1 aliphatic heterocycles. The average molecular weight is 676 g/mol. The molecule has 8 nitrogen and oxygen atoms in total. The van der Waals surface area contributed by atoms with E-state index in [4.69, 9.17) is 28.2 Å². The van der Waals surface area contributed by atoms with Gasteiger partial charge in [0.1, 0.15) is 5.82 Å². The van der Waals surface area contributed by atoms with E-state index in [0.717, 1.165) is 12.1 Å². The van der Waals surface area contributed by atoms with Crippen LogP contribution in [0.1, 0.15) is 63.0 Å². The largest absolute Gasteiger partial charge is 0.416 e. The number of anilines is 1. The minimum atomic E-state index is -4.73. The highest BCUT2D eigenvalue weighted by Gasteiger charge is 2.34. The van der Waals surface area contributed by atoms with Gasteiger partial charge in [0.05, 0.1) is 39.6 Å². The molecule has 1 aromatic heterocycles. The second kappa shape index (κ2) is 12.8. The van der Waals surface area contributed by atoms with Crippen LogP contribution in [0.5, 0.6) is 0 Å². The monoisotopic (exact) mass is 675 g/mol. The van der Waals surface area contributed by atoms with Crippen molar-refractivity contribution in [2.75, 3.05) is 12.4 Å². The molecular formula is C32H27Cl2F4N5O3. The minimum Gasteiger partial charge on any atom is -0.355 e. The Kier molecular flexibility index (Phi) is 9.14. The highest BCUT2D eigenvalue weighted by molar-refractivity contribution is 6.42. The Morgan fingerprint density at radius 3 is 2.28 bits per heavy atom. The highest BCUT2D eigenvalue weighted by Crippen LogP contribution is 2.33. The predicted molar refractivity (Wildman–Crippen MR) is 166 cm³/mol. The summed E-state index contributed by atoms with van der Waals surface area (Å²) in [6, 6.07) is 11.5. The molecule has 0 spiro atoms. The Bertz CT molecular complexity index is 1900. The number of carbonyl (C=O) groups excluding carboxylic acids is 2. The Balaban J connectivity index is 1.58. The molecule has 0 bridgehead atoms. The lowest BCUT2D eigenvalue weighted by Crippen LogP contribution is -2.46. The molecule has 2 amide bonds. The Hall–Kier alpha value is -4.42. The fourth-order valence-electron chi connectivity index (χ4n) is 5.29. The van der Waals surface area contributed by atoms with Crippen LogP contribution in [0.25, 0.3) is 5.69 Å². The molecular weight excluding hydrogens is 649 g/mol. The second-order valence-electron chi connectivity index (χ2n) is 10.8. The van der Waals surface area contributed by atoms with Gasteiger partial charge in [0.25, 0.3) is 17.4 Å². The number of hydrogen-bond acceptors (Lipinski definition) is 5. The van der Waals surface area contributed by atoms with Gasteiger partial charge in [0.2, 0.25) is 5.95 Å².